The highest BCUT2D eigenvalue weighted by molar-refractivity contribution is 14.0. The monoisotopic (exact) mass is 550 g/mol. The number of benzene rings is 1. The van der Waals surface area contributed by atoms with Crippen LogP contribution in [0.4, 0.5) is 0 Å². The Bertz CT molecular complexity index is 825. The Kier molecular flexibility index (Phi) is 11.4. The van der Waals surface area contributed by atoms with Crippen molar-refractivity contribution in [2.75, 3.05) is 40.3 Å². The van der Waals surface area contributed by atoms with Crippen molar-refractivity contribution in [3.63, 3.8) is 0 Å². The van der Waals surface area contributed by atoms with Crippen LogP contribution in [0.1, 0.15) is 24.1 Å². The number of pyridine rings is 1. The third kappa shape index (κ3) is 8.74. The van der Waals surface area contributed by atoms with Gasteiger partial charge in [-0.3, -0.25) is 19.7 Å². The Hall–Kier alpha value is -2.20. The third-order valence-electron chi connectivity index (χ3n) is 5.66. The highest BCUT2D eigenvalue weighted by Gasteiger charge is 2.20. The third-order valence-corrected chi connectivity index (χ3v) is 5.66. The molecule has 1 amide bonds. The van der Waals surface area contributed by atoms with Gasteiger partial charge >= 0.3 is 0 Å². The van der Waals surface area contributed by atoms with E-state index in [0.29, 0.717) is 18.5 Å². The second-order valence-electron chi connectivity index (χ2n) is 7.99. The molecule has 0 spiro atoms. The standard InChI is InChI=1S/C24H34N6O.HI/c1-25-24(27-18-23(31)29(2)15-11-21-10-6-7-14-26-21)28-22-12-16-30(17-13-22)19-20-8-4-3-5-9-20;/h3-10,14,22H,11-13,15-19H2,1-2H3,(H2,25,27,28);1H. The molecule has 7 nitrogen and oxygen atoms in total. The first-order valence-electron chi connectivity index (χ1n) is 11.0. The number of aliphatic imine (C=N–C) groups is 1. The molecule has 0 aliphatic carbocycles. The van der Waals surface area contributed by atoms with Crippen molar-refractivity contribution < 1.29 is 4.79 Å². The van der Waals surface area contributed by atoms with Crippen molar-refractivity contribution >= 4 is 35.8 Å². The van der Waals surface area contributed by atoms with Crippen LogP contribution in [0.3, 0.4) is 0 Å². The summed E-state index contributed by atoms with van der Waals surface area (Å²) in [5.41, 5.74) is 2.35. The number of aromatic nitrogens is 1. The SMILES string of the molecule is CN=C(NCC(=O)N(C)CCc1ccccn1)NC1CCN(Cc2ccccc2)CC1.I. The maximum Gasteiger partial charge on any atom is 0.241 e. The molecule has 0 bridgehead atoms. The zero-order valence-electron chi connectivity index (χ0n) is 19.0. The van der Waals surface area contributed by atoms with E-state index in [1.165, 1.54) is 5.56 Å². The second kappa shape index (κ2) is 14.1. The van der Waals surface area contributed by atoms with Crippen molar-refractivity contribution in [2.24, 2.45) is 4.99 Å². The minimum atomic E-state index is 0. The fourth-order valence-corrected chi connectivity index (χ4v) is 3.71. The maximum atomic E-state index is 12.4. The number of likely N-dealkylation sites (N-methyl/N-ethyl adjacent to an activating group) is 1. The molecule has 1 fully saturated rings. The van der Waals surface area contributed by atoms with E-state index in [9.17, 15) is 4.79 Å². The first kappa shape index (κ1) is 26.1. The van der Waals surface area contributed by atoms with Crippen LogP contribution in [0.25, 0.3) is 0 Å². The van der Waals surface area contributed by atoms with Gasteiger partial charge in [0.05, 0.1) is 6.54 Å². The number of hydrogen-bond donors (Lipinski definition) is 2. The number of nitrogens with zero attached hydrogens (tertiary/aromatic N) is 4. The summed E-state index contributed by atoms with van der Waals surface area (Å²) in [5.74, 6) is 0.726. The van der Waals surface area contributed by atoms with Gasteiger partial charge in [-0.05, 0) is 30.5 Å². The molecule has 1 aliphatic heterocycles. The summed E-state index contributed by atoms with van der Waals surface area (Å²) in [4.78, 5) is 25.3. The van der Waals surface area contributed by atoms with Crippen LogP contribution < -0.4 is 10.6 Å². The number of nitrogens with one attached hydrogen (secondary N) is 2. The second-order valence-corrected chi connectivity index (χ2v) is 7.99. The molecule has 3 rings (SSSR count). The van der Waals surface area contributed by atoms with Gasteiger partial charge in [-0.1, -0.05) is 36.4 Å². The summed E-state index contributed by atoms with van der Waals surface area (Å²) in [6, 6.07) is 16.8. The molecule has 2 heterocycles. The van der Waals surface area contributed by atoms with Gasteiger partial charge in [0, 0.05) is 64.6 Å². The lowest BCUT2D eigenvalue weighted by Crippen LogP contribution is -2.50. The number of halogens is 1. The Labute approximate surface area is 208 Å². The summed E-state index contributed by atoms with van der Waals surface area (Å²) >= 11 is 0. The number of likely N-dealkylation sites (tertiary alicyclic amines) is 1. The van der Waals surface area contributed by atoms with E-state index < -0.39 is 0 Å². The molecule has 1 aliphatic rings. The molecule has 1 saturated heterocycles. The Balaban J connectivity index is 0.00000363. The average molecular weight is 550 g/mol. The van der Waals surface area contributed by atoms with Crippen LogP contribution in [0.2, 0.25) is 0 Å². The van der Waals surface area contributed by atoms with E-state index in [-0.39, 0.29) is 36.4 Å². The van der Waals surface area contributed by atoms with Gasteiger partial charge in [0.15, 0.2) is 5.96 Å². The largest absolute Gasteiger partial charge is 0.354 e. The fourth-order valence-electron chi connectivity index (χ4n) is 3.71. The molecule has 8 heteroatoms. The van der Waals surface area contributed by atoms with Gasteiger partial charge in [0.25, 0.3) is 0 Å². The predicted octanol–water partition coefficient (Wildman–Crippen LogP) is 2.53. The molecule has 0 unspecified atom stereocenters. The molecule has 1 aromatic heterocycles. The normalized spacial score (nSPS) is 15.0. The number of piperidine rings is 1. The zero-order chi connectivity index (χ0) is 21.9. The molecule has 1 aromatic carbocycles. The van der Waals surface area contributed by atoms with Crippen LogP contribution >= 0.6 is 24.0 Å². The van der Waals surface area contributed by atoms with E-state index in [2.05, 4.69) is 55.8 Å². The molecule has 0 radical (unpaired) electrons. The summed E-state index contributed by atoms with van der Waals surface area (Å²) in [5, 5.41) is 6.64. The van der Waals surface area contributed by atoms with Gasteiger partial charge < -0.3 is 15.5 Å². The van der Waals surface area contributed by atoms with Gasteiger partial charge in [-0.25, -0.2) is 0 Å². The molecule has 174 valence electrons. The number of amides is 1. The summed E-state index contributed by atoms with van der Waals surface area (Å²) in [6.07, 6.45) is 4.65. The van der Waals surface area contributed by atoms with Gasteiger partial charge in [-0.15, -0.1) is 24.0 Å². The zero-order valence-corrected chi connectivity index (χ0v) is 21.4. The lowest BCUT2D eigenvalue weighted by atomic mass is 10.0. The number of hydrogen-bond acceptors (Lipinski definition) is 4. The molecule has 0 saturated carbocycles. The van der Waals surface area contributed by atoms with E-state index in [1.54, 1.807) is 18.1 Å². The van der Waals surface area contributed by atoms with Gasteiger partial charge in [0.2, 0.25) is 5.91 Å². The van der Waals surface area contributed by atoms with Crippen LogP contribution in [-0.2, 0) is 17.8 Å². The van der Waals surface area contributed by atoms with Crippen molar-refractivity contribution in [1.82, 2.24) is 25.4 Å². The molecular weight excluding hydrogens is 515 g/mol. The number of guanidine groups is 1. The van der Waals surface area contributed by atoms with Crippen LogP contribution in [0.5, 0.6) is 0 Å². The minimum absolute atomic E-state index is 0. The van der Waals surface area contributed by atoms with E-state index >= 15 is 0 Å². The smallest absolute Gasteiger partial charge is 0.241 e. The number of rotatable bonds is 8. The molecule has 2 N–H and O–H groups in total. The van der Waals surface area contributed by atoms with Crippen molar-refractivity contribution in [3.8, 4) is 0 Å². The molecule has 32 heavy (non-hydrogen) atoms. The summed E-state index contributed by atoms with van der Waals surface area (Å²) < 4.78 is 0. The lowest BCUT2D eigenvalue weighted by Gasteiger charge is -2.33. The van der Waals surface area contributed by atoms with Crippen LogP contribution in [0.15, 0.2) is 59.7 Å². The quantitative estimate of drug-likeness (QED) is 0.301. The van der Waals surface area contributed by atoms with Gasteiger partial charge in [-0.2, -0.15) is 0 Å². The minimum Gasteiger partial charge on any atom is -0.354 e. The van der Waals surface area contributed by atoms with E-state index in [4.69, 9.17) is 0 Å². The predicted molar refractivity (Wildman–Crippen MR) is 140 cm³/mol. The van der Waals surface area contributed by atoms with Gasteiger partial charge in [0.1, 0.15) is 0 Å². The molecule has 2 aromatic rings. The van der Waals surface area contributed by atoms with E-state index in [0.717, 1.165) is 44.6 Å². The lowest BCUT2D eigenvalue weighted by molar-refractivity contribution is -0.128. The maximum absolute atomic E-state index is 12.4. The van der Waals surface area contributed by atoms with Crippen LogP contribution in [0, 0.1) is 0 Å². The first-order valence-corrected chi connectivity index (χ1v) is 11.0. The van der Waals surface area contributed by atoms with Crippen LogP contribution in [-0.4, -0.2) is 73.0 Å². The Morgan fingerprint density at radius 1 is 1.16 bits per heavy atom. The molecular formula is C24H35IN6O. The summed E-state index contributed by atoms with van der Waals surface area (Å²) in [7, 11) is 3.57. The highest BCUT2D eigenvalue weighted by atomic mass is 127. The number of carbonyl (C=O) groups excluding carboxylic acids is 1. The average Bonchev–Trinajstić information content (AvgIpc) is 2.82. The van der Waals surface area contributed by atoms with E-state index in [1.807, 2.05) is 25.2 Å². The van der Waals surface area contributed by atoms with Crippen molar-refractivity contribution in [2.45, 2.75) is 31.8 Å². The summed E-state index contributed by atoms with van der Waals surface area (Å²) in [6.45, 7) is 3.98. The fraction of sp³-hybridized carbons (Fsp3) is 0.458. The first-order chi connectivity index (χ1) is 15.1. The topological polar surface area (TPSA) is 72.9 Å². The van der Waals surface area contributed by atoms with Crippen molar-refractivity contribution in [1.29, 1.82) is 0 Å². The number of carbonyl (C=O) groups is 1. The Morgan fingerprint density at radius 3 is 2.53 bits per heavy atom. The Morgan fingerprint density at radius 2 is 1.88 bits per heavy atom. The molecule has 0 atom stereocenters. The van der Waals surface area contributed by atoms with Crippen molar-refractivity contribution in [3.05, 3.63) is 66.0 Å². The highest BCUT2D eigenvalue weighted by Crippen LogP contribution is 2.13.